The molecule has 0 radical (unpaired) electrons. The number of aromatic hydroxyl groups is 1. The number of hydrogen-bond acceptors (Lipinski definition) is 5. The summed E-state index contributed by atoms with van der Waals surface area (Å²) >= 11 is 0.918. The molecule has 0 saturated carbocycles. The summed E-state index contributed by atoms with van der Waals surface area (Å²) < 4.78 is 5.35. The first-order valence-corrected chi connectivity index (χ1v) is 9.06. The van der Waals surface area contributed by atoms with Gasteiger partial charge >= 0.3 is 0 Å². The lowest BCUT2D eigenvalue weighted by Gasteiger charge is -2.12. The highest BCUT2D eigenvalue weighted by Gasteiger charge is 2.34. The zero-order valence-electron chi connectivity index (χ0n) is 14.6. The number of amides is 2. The topological polar surface area (TPSA) is 66.8 Å². The Morgan fingerprint density at radius 2 is 1.88 bits per heavy atom. The minimum absolute atomic E-state index is 0.0384. The standard InChI is InChI=1S/C20H19NO4S/c1-3-25-17-10-15(8-9-16(17)22)11-18-19(23)21(20(24)26-18)12-14-6-4-13(2)5-7-14/h4-11,22H,3,12H2,1-2H3/b18-11-. The first kappa shape index (κ1) is 18.1. The maximum Gasteiger partial charge on any atom is 0.293 e. The molecule has 1 aliphatic rings. The van der Waals surface area contributed by atoms with Gasteiger partial charge in [0, 0.05) is 0 Å². The molecular formula is C20H19NO4S. The predicted octanol–water partition coefficient (Wildman–Crippen LogP) is 4.34. The molecule has 1 fully saturated rings. The van der Waals surface area contributed by atoms with Crippen LogP contribution >= 0.6 is 11.8 Å². The van der Waals surface area contributed by atoms with Crippen LogP contribution in [0.15, 0.2) is 47.4 Å². The van der Waals surface area contributed by atoms with Gasteiger partial charge in [-0.05, 0) is 54.9 Å². The lowest BCUT2D eigenvalue weighted by atomic mass is 10.1. The second-order valence-electron chi connectivity index (χ2n) is 5.91. The number of phenolic OH excluding ortho intramolecular Hbond substituents is 1. The molecule has 1 N–H and O–H groups in total. The van der Waals surface area contributed by atoms with E-state index in [2.05, 4.69) is 0 Å². The number of benzene rings is 2. The van der Waals surface area contributed by atoms with Crippen molar-refractivity contribution in [3.63, 3.8) is 0 Å². The third-order valence-electron chi connectivity index (χ3n) is 3.92. The lowest BCUT2D eigenvalue weighted by molar-refractivity contribution is -0.123. The Morgan fingerprint density at radius 3 is 2.58 bits per heavy atom. The van der Waals surface area contributed by atoms with Crippen molar-refractivity contribution in [1.82, 2.24) is 4.90 Å². The first-order chi connectivity index (χ1) is 12.5. The summed E-state index contributed by atoms with van der Waals surface area (Å²) in [6.07, 6.45) is 1.64. The monoisotopic (exact) mass is 369 g/mol. The van der Waals surface area contributed by atoms with Crippen molar-refractivity contribution in [2.24, 2.45) is 0 Å². The Labute approximate surface area is 156 Å². The number of nitrogens with zero attached hydrogens (tertiary/aromatic N) is 1. The van der Waals surface area contributed by atoms with E-state index < -0.39 is 0 Å². The van der Waals surface area contributed by atoms with E-state index >= 15 is 0 Å². The summed E-state index contributed by atoms with van der Waals surface area (Å²) in [6.45, 7) is 4.48. The number of phenols is 1. The molecular weight excluding hydrogens is 350 g/mol. The fourth-order valence-electron chi connectivity index (χ4n) is 2.56. The van der Waals surface area contributed by atoms with Crippen LogP contribution in [0.1, 0.15) is 23.6 Å². The molecule has 2 aromatic carbocycles. The molecule has 0 spiro atoms. The van der Waals surface area contributed by atoms with E-state index in [4.69, 9.17) is 4.74 Å². The molecule has 1 heterocycles. The molecule has 0 aromatic heterocycles. The van der Waals surface area contributed by atoms with Gasteiger partial charge in [0.05, 0.1) is 18.1 Å². The van der Waals surface area contributed by atoms with E-state index in [1.807, 2.05) is 38.1 Å². The van der Waals surface area contributed by atoms with Gasteiger partial charge in [0.1, 0.15) is 0 Å². The largest absolute Gasteiger partial charge is 0.504 e. The highest BCUT2D eigenvalue weighted by molar-refractivity contribution is 8.18. The van der Waals surface area contributed by atoms with E-state index in [0.29, 0.717) is 22.8 Å². The molecule has 6 heteroatoms. The molecule has 26 heavy (non-hydrogen) atoms. The van der Waals surface area contributed by atoms with E-state index in [0.717, 1.165) is 22.9 Å². The second-order valence-corrected chi connectivity index (χ2v) is 6.91. The average molecular weight is 369 g/mol. The van der Waals surface area contributed by atoms with Crippen molar-refractivity contribution in [2.75, 3.05) is 6.61 Å². The molecule has 0 unspecified atom stereocenters. The van der Waals surface area contributed by atoms with Crippen LogP contribution in [0.3, 0.4) is 0 Å². The van der Waals surface area contributed by atoms with Crippen molar-refractivity contribution in [3.8, 4) is 11.5 Å². The van der Waals surface area contributed by atoms with Crippen LogP contribution in [-0.2, 0) is 11.3 Å². The van der Waals surface area contributed by atoms with Gasteiger partial charge in [0.25, 0.3) is 11.1 Å². The first-order valence-electron chi connectivity index (χ1n) is 8.24. The van der Waals surface area contributed by atoms with Crippen molar-refractivity contribution < 1.29 is 19.4 Å². The smallest absolute Gasteiger partial charge is 0.293 e. The van der Waals surface area contributed by atoms with Crippen molar-refractivity contribution >= 4 is 29.0 Å². The number of rotatable bonds is 5. The molecule has 3 rings (SSSR count). The number of thioether (sulfide) groups is 1. The Bertz CT molecular complexity index is 874. The predicted molar refractivity (Wildman–Crippen MR) is 102 cm³/mol. The fraction of sp³-hybridized carbons (Fsp3) is 0.200. The van der Waals surface area contributed by atoms with Crippen LogP contribution in [0, 0.1) is 6.92 Å². The van der Waals surface area contributed by atoms with Crippen LogP contribution in [-0.4, -0.2) is 27.8 Å². The number of aryl methyl sites for hydroxylation is 1. The van der Waals surface area contributed by atoms with Crippen LogP contribution in [0.2, 0.25) is 0 Å². The third kappa shape index (κ3) is 3.91. The van der Waals surface area contributed by atoms with Gasteiger partial charge < -0.3 is 9.84 Å². The summed E-state index contributed by atoms with van der Waals surface area (Å²) in [6, 6.07) is 12.6. The van der Waals surface area contributed by atoms with E-state index in [1.54, 1.807) is 18.2 Å². The van der Waals surface area contributed by atoms with Gasteiger partial charge in [-0.3, -0.25) is 14.5 Å². The maximum absolute atomic E-state index is 12.6. The lowest BCUT2D eigenvalue weighted by Crippen LogP contribution is -2.27. The molecule has 0 aliphatic carbocycles. The minimum Gasteiger partial charge on any atom is -0.504 e. The Hall–Kier alpha value is -2.73. The Morgan fingerprint density at radius 1 is 1.15 bits per heavy atom. The minimum atomic E-state index is -0.313. The van der Waals surface area contributed by atoms with Crippen molar-refractivity contribution in [1.29, 1.82) is 0 Å². The van der Waals surface area contributed by atoms with Crippen LogP contribution in [0.5, 0.6) is 11.5 Å². The van der Waals surface area contributed by atoms with Crippen LogP contribution in [0.4, 0.5) is 4.79 Å². The normalized spacial score (nSPS) is 15.8. The summed E-state index contributed by atoms with van der Waals surface area (Å²) in [5.41, 5.74) is 2.72. The molecule has 0 atom stereocenters. The number of hydrogen-bond donors (Lipinski definition) is 1. The molecule has 2 aromatic rings. The van der Waals surface area contributed by atoms with Gasteiger partial charge in [-0.25, -0.2) is 0 Å². The summed E-state index contributed by atoms with van der Waals surface area (Å²) in [5.74, 6) is 0.0724. The highest BCUT2D eigenvalue weighted by Crippen LogP contribution is 2.35. The Kier molecular flexibility index (Phi) is 5.32. The molecule has 5 nitrogen and oxygen atoms in total. The molecule has 134 valence electrons. The SMILES string of the molecule is CCOc1cc(/C=C2\SC(=O)N(Cc3ccc(C)cc3)C2=O)ccc1O. The van der Waals surface area contributed by atoms with Gasteiger partial charge in [-0.2, -0.15) is 0 Å². The summed E-state index contributed by atoms with van der Waals surface area (Å²) in [7, 11) is 0. The molecule has 0 bridgehead atoms. The Balaban J connectivity index is 1.80. The van der Waals surface area contributed by atoms with Crippen molar-refractivity contribution in [3.05, 3.63) is 64.1 Å². The van der Waals surface area contributed by atoms with Gasteiger partial charge in [-0.1, -0.05) is 35.9 Å². The van der Waals surface area contributed by atoms with Gasteiger partial charge in [0.2, 0.25) is 0 Å². The van der Waals surface area contributed by atoms with Crippen LogP contribution < -0.4 is 4.74 Å². The van der Waals surface area contributed by atoms with E-state index in [9.17, 15) is 14.7 Å². The average Bonchev–Trinajstić information content (AvgIpc) is 2.87. The van der Waals surface area contributed by atoms with E-state index in [-0.39, 0.29) is 23.4 Å². The van der Waals surface area contributed by atoms with Crippen molar-refractivity contribution in [2.45, 2.75) is 20.4 Å². The van der Waals surface area contributed by atoms with Gasteiger partial charge in [-0.15, -0.1) is 0 Å². The summed E-state index contributed by atoms with van der Waals surface area (Å²) in [4.78, 5) is 26.4. The molecule has 1 aliphatic heterocycles. The number of ether oxygens (including phenoxy) is 1. The van der Waals surface area contributed by atoms with E-state index in [1.165, 1.54) is 11.0 Å². The number of carbonyl (C=O) groups is 2. The number of carbonyl (C=O) groups excluding carboxylic acids is 2. The maximum atomic E-state index is 12.6. The highest BCUT2D eigenvalue weighted by atomic mass is 32.2. The summed E-state index contributed by atoms with van der Waals surface area (Å²) in [5, 5.41) is 9.48. The quantitative estimate of drug-likeness (QED) is 0.795. The fourth-order valence-corrected chi connectivity index (χ4v) is 3.39. The second kappa shape index (κ2) is 7.66. The molecule has 2 amide bonds. The third-order valence-corrected chi connectivity index (χ3v) is 4.82. The molecule has 1 saturated heterocycles. The zero-order chi connectivity index (χ0) is 18.7. The van der Waals surface area contributed by atoms with Gasteiger partial charge in [0.15, 0.2) is 11.5 Å². The zero-order valence-corrected chi connectivity index (χ0v) is 15.4. The number of imide groups is 1. The van der Waals surface area contributed by atoms with Crippen LogP contribution in [0.25, 0.3) is 6.08 Å².